The number of amides is 2. The maximum absolute atomic E-state index is 12.9. The maximum Gasteiger partial charge on any atom is 0.237 e. The predicted molar refractivity (Wildman–Crippen MR) is 103 cm³/mol. The van der Waals surface area contributed by atoms with Gasteiger partial charge in [0.05, 0.1) is 17.5 Å². The lowest BCUT2D eigenvalue weighted by Gasteiger charge is -2.19. The predicted octanol–water partition coefficient (Wildman–Crippen LogP) is 4.63. The zero-order chi connectivity index (χ0) is 18.7. The van der Waals surface area contributed by atoms with E-state index in [0.717, 1.165) is 30.6 Å². The Morgan fingerprint density at radius 1 is 0.889 bits per heavy atom. The van der Waals surface area contributed by atoms with Crippen molar-refractivity contribution in [1.82, 2.24) is 0 Å². The summed E-state index contributed by atoms with van der Waals surface area (Å²) in [6.45, 7) is 4.09. The summed E-state index contributed by atoms with van der Waals surface area (Å²) in [4.78, 5) is 27.3. The fourth-order valence-electron chi connectivity index (χ4n) is 5.29. The number of hydrogen-bond donors (Lipinski definition) is 0. The van der Waals surface area contributed by atoms with Crippen molar-refractivity contribution in [1.29, 1.82) is 0 Å². The third kappa shape index (κ3) is 2.43. The Bertz CT molecular complexity index is 905. The van der Waals surface area contributed by atoms with Gasteiger partial charge in [-0.3, -0.25) is 14.5 Å². The van der Waals surface area contributed by atoms with Gasteiger partial charge in [-0.2, -0.15) is 0 Å². The largest absolute Gasteiger partial charge is 0.457 e. The zero-order valence-corrected chi connectivity index (χ0v) is 15.6. The topological polar surface area (TPSA) is 46.6 Å². The molecule has 27 heavy (non-hydrogen) atoms. The van der Waals surface area contributed by atoms with Gasteiger partial charge in [-0.15, -0.1) is 0 Å². The second kappa shape index (κ2) is 5.95. The summed E-state index contributed by atoms with van der Waals surface area (Å²) in [6.07, 6.45) is 3.26. The molecule has 4 heteroatoms. The number of anilines is 1. The van der Waals surface area contributed by atoms with Gasteiger partial charge in [0.1, 0.15) is 11.5 Å². The molecule has 2 saturated carbocycles. The summed E-state index contributed by atoms with van der Waals surface area (Å²) in [6, 6.07) is 13.3. The van der Waals surface area contributed by atoms with Crippen LogP contribution in [0, 0.1) is 37.5 Å². The number of fused-ring (bicyclic) bond motifs is 5. The SMILES string of the molecule is Cc1cccc(Oc2ccc(N3C(=O)[C@H]4[C@@H]5CC[C@@H](C5)[C@@H]4C3=O)cc2)c1C. The van der Waals surface area contributed by atoms with Gasteiger partial charge in [-0.25, -0.2) is 0 Å². The smallest absolute Gasteiger partial charge is 0.237 e. The van der Waals surface area contributed by atoms with Crippen LogP contribution in [0.25, 0.3) is 0 Å². The number of carbonyl (C=O) groups excluding carboxylic acids is 2. The lowest BCUT2D eigenvalue weighted by molar-refractivity contribution is -0.123. The van der Waals surface area contributed by atoms with Crippen molar-refractivity contribution in [2.45, 2.75) is 33.1 Å². The Morgan fingerprint density at radius 3 is 2.15 bits per heavy atom. The van der Waals surface area contributed by atoms with Crippen LogP contribution in [0.4, 0.5) is 5.69 Å². The van der Waals surface area contributed by atoms with Crippen molar-refractivity contribution in [2.24, 2.45) is 23.7 Å². The summed E-state index contributed by atoms with van der Waals surface area (Å²) in [5.41, 5.74) is 2.94. The fourth-order valence-corrected chi connectivity index (χ4v) is 5.29. The molecule has 138 valence electrons. The molecule has 1 heterocycles. The number of hydrogen-bond acceptors (Lipinski definition) is 3. The molecule has 2 aromatic carbocycles. The minimum atomic E-state index is -0.0814. The highest BCUT2D eigenvalue weighted by molar-refractivity contribution is 6.22. The van der Waals surface area contributed by atoms with E-state index >= 15 is 0 Å². The zero-order valence-electron chi connectivity index (χ0n) is 15.6. The Balaban J connectivity index is 1.39. The van der Waals surface area contributed by atoms with Crippen LogP contribution >= 0.6 is 0 Å². The number of carbonyl (C=O) groups is 2. The summed E-state index contributed by atoms with van der Waals surface area (Å²) >= 11 is 0. The second-order valence-electron chi connectivity index (χ2n) is 8.19. The molecule has 5 rings (SSSR count). The van der Waals surface area contributed by atoms with Gasteiger partial charge in [0.2, 0.25) is 11.8 Å². The average molecular weight is 361 g/mol. The van der Waals surface area contributed by atoms with Crippen molar-refractivity contribution in [3.63, 3.8) is 0 Å². The minimum Gasteiger partial charge on any atom is -0.457 e. The van der Waals surface area contributed by atoms with E-state index in [1.807, 2.05) is 43.3 Å². The van der Waals surface area contributed by atoms with Gasteiger partial charge in [-0.05, 0) is 86.4 Å². The van der Waals surface area contributed by atoms with E-state index in [-0.39, 0.29) is 23.7 Å². The van der Waals surface area contributed by atoms with Crippen LogP contribution in [0.3, 0.4) is 0 Å². The first-order valence-electron chi connectivity index (χ1n) is 9.76. The van der Waals surface area contributed by atoms with Crippen LogP contribution in [0.15, 0.2) is 42.5 Å². The van der Waals surface area contributed by atoms with Crippen LogP contribution in [-0.2, 0) is 9.59 Å². The molecule has 3 aliphatic rings. The molecule has 4 atom stereocenters. The maximum atomic E-state index is 12.9. The van der Waals surface area contributed by atoms with E-state index < -0.39 is 0 Å². The third-order valence-electron chi connectivity index (χ3n) is 6.81. The minimum absolute atomic E-state index is 0.000368. The van der Waals surface area contributed by atoms with Crippen LogP contribution in [0.1, 0.15) is 30.4 Å². The highest BCUT2D eigenvalue weighted by Crippen LogP contribution is 2.56. The van der Waals surface area contributed by atoms with Crippen molar-refractivity contribution in [2.75, 3.05) is 4.90 Å². The Hall–Kier alpha value is -2.62. The van der Waals surface area contributed by atoms with Crippen LogP contribution < -0.4 is 9.64 Å². The molecule has 2 aliphatic carbocycles. The summed E-state index contributed by atoms with van der Waals surface area (Å²) in [5.74, 6) is 2.18. The standard InChI is InChI=1S/C23H23NO3/c1-13-4-3-5-19(14(13)2)27-18-10-8-17(9-11-18)24-22(25)20-15-6-7-16(12-15)21(20)23(24)26/h3-5,8-11,15-16,20-21H,6-7,12H2,1-2H3/t15-,16+,20-,21-/m0/s1. The average Bonchev–Trinajstić information content (AvgIpc) is 3.34. The van der Waals surface area contributed by atoms with Gasteiger partial charge < -0.3 is 4.74 Å². The molecule has 3 fully saturated rings. The highest BCUT2D eigenvalue weighted by Gasteiger charge is 2.61. The van der Waals surface area contributed by atoms with Crippen molar-refractivity contribution >= 4 is 17.5 Å². The molecule has 0 aromatic heterocycles. The summed E-state index contributed by atoms with van der Waals surface area (Å²) in [7, 11) is 0. The first kappa shape index (κ1) is 16.5. The first-order valence-corrected chi connectivity index (χ1v) is 9.76. The molecule has 4 nitrogen and oxygen atoms in total. The van der Waals surface area contributed by atoms with Crippen LogP contribution in [-0.4, -0.2) is 11.8 Å². The van der Waals surface area contributed by atoms with E-state index in [2.05, 4.69) is 13.0 Å². The number of ether oxygens (including phenoxy) is 1. The van der Waals surface area contributed by atoms with Gasteiger partial charge in [0.15, 0.2) is 0 Å². The number of benzene rings is 2. The molecule has 0 N–H and O–H groups in total. The lowest BCUT2D eigenvalue weighted by Crippen LogP contribution is -2.32. The molecule has 1 saturated heterocycles. The van der Waals surface area contributed by atoms with Crippen molar-refractivity contribution in [3.8, 4) is 11.5 Å². The summed E-state index contributed by atoms with van der Waals surface area (Å²) < 4.78 is 5.99. The molecular weight excluding hydrogens is 338 g/mol. The molecule has 0 spiro atoms. The first-order chi connectivity index (χ1) is 13.0. The van der Waals surface area contributed by atoms with Gasteiger partial charge in [0, 0.05) is 0 Å². The van der Waals surface area contributed by atoms with Gasteiger partial charge >= 0.3 is 0 Å². The lowest BCUT2D eigenvalue weighted by atomic mass is 9.81. The molecular formula is C23H23NO3. The van der Waals surface area contributed by atoms with E-state index in [9.17, 15) is 9.59 Å². The van der Waals surface area contributed by atoms with E-state index in [1.54, 1.807) is 0 Å². The Morgan fingerprint density at radius 2 is 1.52 bits per heavy atom. The monoisotopic (exact) mass is 361 g/mol. The highest BCUT2D eigenvalue weighted by atomic mass is 16.5. The van der Waals surface area contributed by atoms with Crippen LogP contribution in [0.5, 0.6) is 11.5 Å². The fraction of sp³-hybridized carbons (Fsp3) is 0.391. The number of imide groups is 1. The van der Waals surface area contributed by atoms with E-state index in [0.29, 0.717) is 23.3 Å². The number of aryl methyl sites for hydroxylation is 1. The van der Waals surface area contributed by atoms with Crippen LogP contribution in [0.2, 0.25) is 0 Å². The third-order valence-corrected chi connectivity index (χ3v) is 6.81. The molecule has 0 radical (unpaired) electrons. The molecule has 0 unspecified atom stereocenters. The van der Waals surface area contributed by atoms with E-state index in [1.165, 1.54) is 10.5 Å². The number of nitrogens with zero attached hydrogens (tertiary/aromatic N) is 1. The summed E-state index contributed by atoms with van der Waals surface area (Å²) in [5, 5.41) is 0. The second-order valence-corrected chi connectivity index (χ2v) is 8.19. The quantitative estimate of drug-likeness (QED) is 0.749. The Labute approximate surface area is 159 Å². The normalized spacial score (nSPS) is 28.7. The van der Waals surface area contributed by atoms with E-state index in [4.69, 9.17) is 4.74 Å². The van der Waals surface area contributed by atoms with Crippen molar-refractivity contribution < 1.29 is 14.3 Å². The molecule has 1 aliphatic heterocycles. The molecule has 2 aromatic rings. The molecule has 2 bridgehead atoms. The number of rotatable bonds is 3. The molecule has 2 amide bonds. The van der Waals surface area contributed by atoms with Gasteiger partial charge in [-0.1, -0.05) is 12.1 Å². The Kier molecular flexibility index (Phi) is 3.64. The van der Waals surface area contributed by atoms with Crippen molar-refractivity contribution in [3.05, 3.63) is 53.6 Å². The van der Waals surface area contributed by atoms with Gasteiger partial charge in [0.25, 0.3) is 0 Å².